The van der Waals surface area contributed by atoms with Crippen molar-refractivity contribution in [1.82, 2.24) is 14.3 Å². The second-order valence-corrected chi connectivity index (χ2v) is 5.49. The summed E-state index contributed by atoms with van der Waals surface area (Å²) in [7, 11) is 0. The Labute approximate surface area is 127 Å². The van der Waals surface area contributed by atoms with Crippen molar-refractivity contribution in [3.8, 4) is 11.1 Å². The van der Waals surface area contributed by atoms with E-state index in [1.54, 1.807) is 6.20 Å². The molecule has 2 aromatic heterocycles. The Hall–Kier alpha value is -2.34. The molecule has 6 heteroatoms. The summed E-state index contributed by atoms with van der Waals surface area (Å²) in [5.74, 6) is 1.48. The highest BCUT2D eigenvalue weighted by Crippen LogP contribution is 2.38. The number of H-pyrrole nitrogens is 1. The lowest BCUT2D eigenvalue weighted by molar-refractivity contribution is 0.706. The fourth-order valence-corrected chi connectivity index (χ4v) is 3.06. The van der Waals surface area contributed by atoms with E-state index in [0.717, 1.165) is 28.4 Å². The normalized spacial score (nSPS) is 12.2. The van der Waals surface area contributed by atoms with E-state index in [4.69, 9.17) is 5.73 Å². The Morgan fingerprint density at radius 1 is 1.33 bits per heavy atom. The molecule has 5 nitrogen and oxygen atoms in total. The summed E-state index contributed by atoms with van der Waals surface area (Å²) in [5, 5.41) is 4.48. The van der Waals surface area contributed by atoms with Crippen molar-refractivity contribution in [3.05, 3.63) is 48.5 Å². The zero-order valence-electron chi connectivity index (χ0n) is 11.7. The summed E-state index contributed by atoms with van der Waals surface area (Å²) in [5.41, 5.74) is 8.08. The molecule has 1 atom stereocenters. The number of hydrogen-bond acceptors (Lipinski definition) is 5. The van der Waals surface area contributed by atoms with Crippen LogP contribution in [0.3, 0.4) is 0 Å². The molecule has 0 radical (unpaired) electrons. The van der Waals surface area contributed by atoms with E-state index in [-0.39, 0.29) is 6.04 Å². The van der Waals surface area contributed by atoms with Crippen LogP contribution in [0.15, 0.2) is 42.7 Å². The summed E-state index contributed by atoms with van der Waals surface area (Å²) in [4.78, 5) is 7.48. The van der Waals surface area contributed by atoms with Gasteiger partial charge in [0.05, 0.1) is 11.6 Å². The van der Waals surface area contributed by atoms with Crippen molar-refractivity contribution in [3.63, 3.8) is 0 Å². The first kappa shape index (κ1) is 13.6. The Balaban J connectivity index is 1.93. The van der Waals surface area contributed by atoms with Crippen LogP contribution >= 0.6 is 11.5 Å². The number of imidazole rings is 1. The first-order valence-corrected chi connectivity index (χ1v) is 7.63. The number of nitrogen functional groups attached to an aromatic ring is 1. The molecule has 2 heterocycles. The van der Waals surface area contributed by atoms with Crippen LogP contribution in [0.4, 0.5) is 10.8 Å². The van der Waals surface area contributed by atoms with Crippen LogP contribution < -0.4 is 11.1 Å². The maximum Gasteiger partial charge on any atom is 0.147 e. The Morgan fingerprint density at radius 3 is 2.81 bits per heavy atom. The van der Waals surface area contributed by atoms with E-state index in [2.05, 4.69) is 26.6 Å². The summed E-state index contributed by atoms with van der Waals surface area (Å²) in [6.45, 7) is 2.12. The minimum absolute atomic E-state index is 0.113. The fourth-order valence-electron chi connectivity index (χ4n) is 2.27. The summed E-state index contributed by atoms with van der Waals surface area (Å²) < 4.78 is 4.29. The molecular weight excluding hydrogens is 282 g/mol. The van der Waals surface area contributed by atoms with E-state index in [0.29, 0.717) is 5.82 Å². The number of anilines is 2. The lowest BCUT2D eigenvalue weighted by atomic mass is 10.1. The smallest absolute Gasteiger partial charge is 0.147 e. The Bertz CT molecular complexity index is 690. The highest BCUT2D eigenvalue weighted by atomic mass is 32.1. The van der Waals surface area contributed by atoms with Crippen molar-refractivity contribution in [2.45, 2.75) is 19.4 Å². The van der Waals surface area contributed by atoms with Gasteiger partial charge in [-0.15, -0.1) is 0 Å². The maximum atomic E-state index is 6.05. The van der Waals surface area contributed by atoms with Crippen LogP contribution in [0.2, 0.25) is 0 Å². The summed E-state index contributed by atoms with van der Waals surface area (Å²) in [6, 6.07) is 10.2. The number of nitrogens with zero attached hydrogens (tertiary/aromatic N) is 2. The van der Waals surface area contributed by atoms with Crippen LogP contribution in [0.25, 0.3) is 11.1 Å². The molecule has 0 aliphatic carbocycles. The number of hydrogen-bond donors (Lipinski definition) is 3. The number of aromatic amines is 1. The van der Waals surface area contributed by atoms with Gasteiger partial charge >= 0.3 is 0 Å². The van der Waals surface area contributed by atoms with Gasteiger partial charge < -0.3 is 16.0 Å². The molecule has 1 unspecified atom stereocenters. The van der Waals surface area contributed by atoms with Gasteiger partial charge in [-0.05, 0) is 23.5 Å². The van der Waals surface area contributed by atoms with Crippen molar-refractivity contribution in [1.29, 1.82) is 0 Å². The van der Waals surface area contributed by atoms with Gasteiger partial charge in [-0.25, -0.2) is 4.98 Å². The van der Waals surface area contributed by atoms with Crippen molar-refractivity contribution >= 4 is 22.4 Å². The van der Waals surface area contributed by atoms with Gasteiger partial charge in [-0.1, -0.05) is 37.3 Å². The molecule has 0 fully saturated rings. The molecule has 21 heavy (non-hydrogen) atoms. The molecule has 0 aliphatic rings. The zero-order valence-corrected chi connectivity index (χ0v) is 12.5. The summed E-state index contributed by atoms with van der Waals surface area (Å²) >= 11 is 1.38. The number of aromatic nitrogens is 3. The highest BCUT2D eigenvalue weighted by Gasteiger charge is 2.18. The molecule has 3 rings (SSSR count). The molecule has 1 aromatic carbocycles. The lowest BCUT2D eigenvalue weighted by Crippen LogP contribution is -2.11. The van der Waals surface area contributed by atoms with Gasteiger partial charge in [-0.3, -0.25) is 0 Å². The molecule has 0 amide bonds. The minimum atomic E-state index is 0.113. The minimum Gasteiger partial charge on any atom is -0.382 e. The quantitative estimate of drug-likeness (QED) is 0.671. The Kier molecular flexibility index (Phi) is 3.87. The summed E-state index contributed by atoms with van der Waals surface area (Å²) in [6.07, 6.45) is 4.51. The highest BCUT2D eigenvalue weighted by molar-refractivity contribution is 7.11. The van der Waals surface area contributed by atoms with Crippen LogP contribution in [0.1, 0.15) is 25.2 Å². The molecule has 0 aliphatic heterocycles. The van der Waals surface area contributed by atoms with Gasteiger partial charge in [-0.2, -0.15) is 4.37 Å². The van der Waals surface area contributed by atoms with E-state index in [1.165, 1.54) is 11.5 Å². The van der Waals surface area contributed by atoms with Gasteiger partial charge in [0.2, 0.25) is 0 Å². The topological polar surface area (TPSA) is 79.6 Å². The zero-order chi connectivity index (χ0) is 14.7. The van der Waals surface area contributed by atoms with Crippen LogP contribution in [-0.2, 0) is 0 Å². The van der Waals surface area contributed by atoms with E-state index < -0.39 is 0 Å². The van der Waals surface area contributed by atoms with Gasteiger partial charge in [0.25, 0.3) is 0 Å². The Morgan fingerprint density at radius 2 is 2.14 bits per heavy atom. The molecule has 0 spiro atoms. The molecule has 0 saturated carbocycles. The predicted molar refractivity (Wildman–Crippen MR) is 87.2 cm³/mol. The largest absolute Gasteiger partial charge is 0.382 e. The lowest BCUT2D eigenvalue weighted by Gasteiger charge is -2.15. The van der Waals surface area contributed by atoms with Crippen molar-refractivity contribution in [2.75, 3.05) is 11.1 Å². The third-order valence-electron chi connectivity index (χ3n) is 3.34. The van der Waals surface area contributed by atoms with E-state index in [9.17, 15) is 0 Å². The third kappa shape index (κ3) is 2.75. The SMILES string of the molecule is CCC(Nc1snc(N)c1-c1ccccc1)c1ncc[nH]1. The molecule has 108 valence electrons. The van der Waals surface area contributed by atoms with Crippen LogP contribution in [0, 0.1) is 0 Å². The second-order valence-electron chi connectivity index (χ2n) is 4.72. The average molecular weight is 299 g/mol. The first-order chi connectivity index (χ1) is 10.3. The van der Waals surface area contributed by atoms with Crippen molar-refractivity contribution < 1.29 is 0 Å². The van der Waals surface area contributed by atoms with Gasteiger partial charge in [0.15, 0.2) is 0 Å². The molecular formula is C15H17N5S. The second kappa shape index (κ2) is 5.97. The molecule has 0 saturated heterocycles. The van der Waals surface area contributed by atoms with Crippen LogP contribution in [-0.4, -0.2) is 14.3 Å². The molecule has 0 bridgehead atoms. The fraction of sp³-hybridized carbons (Fsp3) is 0.200. The molecule has 3 aromatic rings. The van der Waals surface area contributed by atoms with Crippen LogP contribution in [0.5, 0.6) is 0 Å². The van der Waals surface area contributed by atoms with Crippen molar-refractivity contribution in [2.24, 2.45) is 0 Å². The van der Waals surface area contributed by atoms with E-state index >= 15 is 0 Å². The number of benzene rings is 1. The first-order valence-electron chi connectivity index (χ1n) is 6.86. The average Bonchev–Trinajstić information content (AvgIpc) is 3.15. The number of nitrogens with two attached hydrogens (primary N) is 1. The van der Waals surface area contributed by atoms with E-state index in [1.807, 2.05) is 36.5 Å². The third-order valence-corrected chi connectivity index (χ3v) is 4.14. The molecule has 4 N–H and O–H groups in total. The maximum absolute atomic E-state index is 6.05. The predicted octanol–water partition coefficient (Wildman–Crippen LogP) is 3.68. The number of rotatable bonds is 5. The standard InChI is InChI=1S/C15H17N5S/c1-2-11(14-17-8-9-18-14)19-15-12(13(16)20-21-15)10-6-4-3-5-7-10/h3-9,11,19H,2H2,1H3,(H2,16,20)(H,17,18). The number of nitrogens with one attached hydrogen (secondary N) is 2. The van der Waals surface area contributed by atoms with Gasteiger partial charge in [0, 0.05) is 12.4 Å². The monoisotopic (exact) mass is 299 g/mol. The van der Waals surface area contributed by atoms with Gasteiger partial charge in [0.1, 0.15) is 16.6 Å².